The Morgan fingerprint density at radius 3 is 2.64 bits per heavy atom. The van der Waals surface area contributed by atoms with E-state index in [1.54, 1.807) is 0 Å². The van der Waals surface area contributed by atoms with E-state index in [1.807, 2.05) is 49.1 Å². The molecule has 1 saturated heterocycles. The first-order valence-electron chi connectivity index (χ1n) is 8.46. The zero-order valence-electron chi connectivity index (χ0n) is 14.5. The third-order valence-electron chi connectivity index (χ3n) is 4.14. The van der Waals surface area contributed by atoms with Crippen LogP contribution in [0.1, 0.15) is 23.1 Å². The third kappa shape index (κ3) is 4.39. The summed E-state index contributed by atoms with van der Waals surface area (Å²) in [6, 6.07) is 9.72. The summed E-state index contributed by atoms with van der Waals surface area (Å²) in [4.78, 5) is 25.7. The zero-order chi connectivity index (χ0) is 17.8. The summed E-state index contributed by atoms with van der Waals surface area (Å²) >= 11 is 2.23. The predicted octanol–water partition coefficient (Wildman–Crippen LogP) is 2.78. The van der Waals surface area contributed by atoms with E-state index in [9.17, 15) is 4.79 Å². The van der Waals surface area contributed by atoms with Crippen LogP contribution in [-0.2, 0) is 0 Å². The Labute approximate surface area is 161 Å². The second-order valence-corrected chi connectivity index (χ2v) is 7.22. The molecule has 1 amide bonds. The molecule has 0 radical (unpaired) electrons. The molecule has 25 heavy (non-hydrogen) atoms. The average Bonchev–Trinajstić information content (AvgIpc) is 2.61. The van der Waals surface area contributed by atoms with Gasteiger partial charge in [0.25, 0.3) is 5.91 Å². The number of rotatable bonds is 4. The van der Waals surface area contributed by atoms with Crippen LogP contribution < -0.4 is 10.2 Å². The van der Waals surface area contributed by atoms with Crippen LogP contribution in [0.5, 0.6) is 0 Å². The minimum Gasteiger partial charge on any atom is -0.370 e. The van der Waals surface area contributed by atoms with Gasteiger partial charge in [0, 0.05) is 47.9 Å². The molecular weight excluding hydrogens is 429 g/mol. The summed E-state index contributed by atoms with van der Waals surface area (Å²) in [6.45, 7) is 7.73. The number of hydrogen-bond donors (Lipinski definition) is 1. The highest BCUT2D eigenvalue weighted by molar-refractivity contribution is 14.1. The van der Waals surface area contributed by atoms with Crippen LogP contribution in [0.3, 0.4) is 0 Å². The van der Waals surface area contributed by atoms with Gasteiger partial charge in [0.2, 0.25) is 0 Å². The second kappa shape index (κ2) is 7.99. The molecule has 0 atom stereocenters. The fourth-order valence-corrected chi connectivity index (χ4v) is 3.47. The van der Waals surface area contributed by atoms with Gasteiger partial charge in [-0.15, -0.1) is 0 Å². The SMILES string of the molecule is CCNc1cc(N2CCN(C(=O)c3cccc(I)c3)CC2)nc(C)n1. The van der Waals surface area contributed by atoms with Crippen LogP contribution in [0.25, 0.3) is 0 Å². The number of halogens is 1. The molecule has 7 heteroatoms. The number of aryl methyl sites for hydroxylation is 1. The first kappa shape index (κ1) is 17.9. The minimum absolute atomic E-state index is 0.102. The molecule has 1 aliphatic rings. The van der Waals surface area contributed by atoms with Gasteiger partial charge >= 0.3 is 0 Å². The quantitative estimate of drug-likeness (QED) is 0.725. The van der Waals surface area contributed by atoms with Crippen LogP contribution in [0, 0.1) is 10.5 Å². The highest BCUT2D eigenvalue weighted by atomic mass is 127. The number of carbonyl (C=O) groups excluding carboxylic acids is 1. The molecule has 0 bridgehead atoms. The number of hydrogen-bond acceptors (Lipinski definition) is 5. The van der Waals surface area contributed by atoms with Gasteiger partial charge in [-0.2, -0.15) is 0 Å². The van der Waals surface area contributed by atoms with Crippen molar-refractivity contribution in [3.8, 4) is 0 Å². The molecule has 3 rings (SSSR count). The van der Waals surface area contributed by atoms with E-state index in [0.29, 0.717) is 13.1 Å². The highest BCUT2D eigenvalue weighted by Gasteiger charge is 2.23. The molecule has 0 aliphatic carbocycles. The Hall–Kier alpha value is -1.90. The highest BCUT2D eigenvalue weighted by Crippen LogP contribution is 2.19. The van der Waals surface area contributed by atoms with Gasteiger partial charge in [-0.3, -0.25) is 4.79 Å². The number of anilines is 2. The van der Waals surface area contributed by atoms with E-state index in [-0.39, 0.29) is 5.91 Å². The largest absolute Gasteiger partial charge is 0.370 e. The van der Waals surface area contributed by atoms with E-state index < -0.39 is 0 Å². The molecule has 1 fully saturated rings. The Balaban J connectivity index is 1.66. The van der Waals surface area contributed by atoms with Gasteiger partial charge in [-0.1, -0.05) is 6.07 Å². The Morgan fingerprint density at radius 1 is 1.20 bits per heavy atom. The minimum atomic E-state index is 0.102. The fourth-order valence-electron chi connectivity index (χ4n) is 2.93. The van der Waals surface area contributed by atoms with Crippen LogP contribution in [0.15, 0.2) is 30.3 Å². The van der Waals surface area contributed by atoms with Crippen LogP contribution >= 0.6 is 22.6 Å². The number of nitrogens with one attached hydrogen (secondary N) is 1. The van der Waals surface area contributed by atoms with Crippen LogP contribution in [0.4, 0.5) is 11.6 Å². The van der Waals surface area contributed by atoms with Crippen molar-refractivity contribution in [2.75, 3.05) is 42.9 Å². The van der Waals surface area contributed by atoms with Crippen molar-refractivity contribution < 1.29 is 4.79 Å². The number of aromatic nitrogens is 2. The number of piperazine rings is 1. The molecule has 1 N–H and O–H groups in total. The van der Waals surface area contributed by atoms with E-state index in [2.05, 4.69) is 42.8 Å². The van der Waals surface area contributed by atoms with Crippen molar-refractivity contribution >= 4 is 40.1 Å². The van der Waals surface area contributed by atoms with Crippen molar-refractivity contribution in [3.63, 3.8) is 0 Å². The number of amides is 1. The summed E-state index contributed by atoms with van der Waals surface area (Å²) < 4.78 is 1.08. The van der Waals surface area contributed by atoms with Crippen molar-refractivity contribution in [2.24, 2.45) is 0 Å². The Bertz CT molecular complexity index is 759. The molecule has 1 aromatic carbocycles. The summed E-state index contributed by atoms with van der Waals surface area (Å²) in [5.41, 5.74) is 0.757. The van der Waals surface area contributed by atoms with Gasteiger partial charge < -0.3 is 15.1 Å². The third-order valence-corrected chi connectivity index (χ3v) is 4.82. The van der Waals surface area contributed by atoms with Crippen molar-refractivity contribution in [3.05, 3.63) is 45.3 Å². The van der Waals surface area contributed by atoms with E-state index in [4.69, 9.17) is 0 Å². The predicted molar refractivity (Wildman–Crippen MR) is 108 cm³/mol. The Morgan fingerprint density at radius 2 is 1.96 bits per heavy atom. The normalized spacial score (nSPS) is 14.5. The average molecular weight is 451 g/mol. The van der Waals surface area contributed by atoms with Crippen molar-refractivity contribution in [1.29, 1.82) is 0 Å². The first-order valence-corrected chi connectivity index (χ1v) is 9.54. The first-order chi connectivity index (χ1) is 12.1. The standard InChI is InChI=1S/C18H22IN5O/c1-3-20-16-12-17(22-13(2)21-16)23-7-9-24(10-8-23)18(25)14-5-4-6-15(19)11-14/h4-6,11-12H,3,7-10H2,1-2H3,(H,20,21,22). The molecule has 2 heterocycles. The van der Waals surface area contributed by atoms with Gasteiger partial charge in [0.1, 0.15) is 17.5 Å². The molecule has 2 aromatic rings. The van der Waals surface area contributed by atoms with Crippen LogP contribution in [0.2, 0.25) is 0 Å². The topological polar surface area (TPSA) is 61.4 Å². The maximum Gasteiger partial charge on any atom is 0.254 e. The van der Waals surface area contributed by atoms with Gasteiger partial charge in [-0.05, 0) is 54.6 Å². The van der Waals surface area contributed by atoms with Gasteiger partial charge in [-0.25, -0.2) is 9.97 Å². The van der Waals surface area contributed by atoms with Crippen molar-refractivity contribution in [1.82, 2.24) is 14.9 Å². The summed E-state index contributed by atoms with van der Waals surface area (Å²) in [5.74, 6) is 2.63. The molecule has 0 unspecified atom stereocenters. The molecule has 1 aliphatic heterocycles. The summed E-state index contributed by atoms with van der Waals surface area (Å²) in [6.07, 6.45) is 0. The van der Waals surface area contributed by atoms with E-state index >= 15 is 0 Å². The second-order valence-electron chi connectivity index (χ2n) is 5.98. The molecule has 132 valence electrons. The smallest absolute Gasteiger partial charge is 0.254 e. The Kier molecular flexibility index (Phi) is 5.72. The van der Waals surface area contributed by atoms with Crippen LogP contribution in [-0.4, -0.2) is 53.5 Å². The maximum atomic E-state index is 12.7. The van der Waals surface area contributed by atoms with Gasteiger partial charge in [0.15, 0.2) is 0 Å². The lowest BCUT2D eigenvalue weighted by Gasteiger charge is -2.35. The molecule has 1 aromatic heterocycles. The van der Waals surface area contributed by atoms with Crippen molar-refractivity contribution in [2.45, 2.75) is 13.8 Å². The zero-order valence-corrected chi connectivity index (χ0v) is 16.7. The molecule has 6 nitrogen and oxygen atoms in total. The molecular formula is C18H22IN5O. The summed E-state index contributed by atoms with van der Waals surface area (Å²) in [7, 11) is 0. The summed E-state index contributed by atoms with van der Waals surface area (Å²) in [5, 5.41) is 3.24. The lowest BCUT2D eigenvalue weighted by molar-refractivity contribution is 0.0746. The maximum absolute atomic E-state index is 12.7. The number of benzene rings is 1. The fraction of sp³-hybridized carbons (Fsp3) is 0.389. The lowest BCUT2D eigenvalue weighted by Crippen LogP contribution is -2.49. The number of carbonyl (C=O) groups is 1. The lowest BCUT2D eigenvalue weighted by atomic mass is 10.2. The molecule has 0 spiro atoms. The number of nitrogens with zero attached hydrogens (tertiary/aromatic N) is 4. The molecule has 0 saturated carbocycles. The monoisotopic (exact) mass is 451 g/mol. The van der Waals surface area contributed by atoms with Gasteiger partial charge in [0.05, 0.1) is 0 Å². The van der Waals surface area contributed by atoms with E-state index in [0.717, 1.165) is 46.2 Å². The van der Waals surface area contributed by atoms with E-state index in [1.165, 1.54) is 0 Å².